The zero-order valence-electron chi connectivity index (χ0n) is 9.29. The van der Waals surface area contributed by atoms with Crippen LogP contribution >= 0.6 is 0 Å². The number of rotatable bonds is 1. The summed E-state index contributed by atoms with van der Waals surface area (Å²) in [6.07, 6.45) is 5.12. The molecule has 2 rings (SSSR count). The summed E-state index contributed by atoms with van der Waals surface area (Å²) < 4.78 is 0. The van der Waals surface area contributed by atoms with Crippen LogP contribution in [0.1, 0.15) is 39.5 Å². The van der Waals surface area contributed by atoms with Crippen LogP contribution in [0.2, 0.25) is 0 Å². The van der Waals surface area contributed by atoms with Gasteiger partial charge in [0, 0.05) is 13.1 Å². The molecular formula is C11H21N3. The molecule has 0 atom stereocenters. The molecule has 0 radical (unpaired) electrons. The Morgan fingerprint density at radius 1 is 1.29 bits per heavy atom. The summed E-state index contributed by atoms with van der Waals surface area (Å²) in [4.78, 5) is 6.78. The zero-order valence-corrected chi connectivity index (χ0v) is 9.29. The lowest BCUT2D eigenvalue weighted by atomic mass is 9.85. The van der Waals surface area contributed by atoms with E-state index < -0.39 is 0 Å². The Bertz CT molecular complexity index is 231. The second-order valence-electron chi connectivity index (χ2n) is 5.45. The van der Waals surface area contributed by atoms with Gasteiger partial charge in [-0.1, -0.05) is 26.7 Å². The number of likely N-dealkylation sites (tertiary alicyclic amines) is 1. The molecule has 1 saturated heterocycles. The van der Waals surface area contributed by atoms with Crippen molar-refractivity contribution in [2.24, 2.45) is 16.1 Å². The largest absolute Gasteiger partial charge is 0.370 e. The molecule has 1 heterocycles. The van der Waals surface area contributed by atoms with E-state index in [1.54, 1.807) is 0 Å². The molecule has 14 heavy (non-hydrogen) atoms. The van der Waals surface area contributed by atoms with Gasteiger partial charge in [-0.05, 0) is 18.3 Å². The van der Waals surface area contributed by atoms with Crippen LogP contribution in [-0.4, -0.2) is 30.0 Å². The topological polar surface area (TPSA) is 41.6 Å². The van der Waals surface area contributed by atoms with Crippen LogP contribution in [0.4, 0.5) is 0 Å². The molecule has 0 aromatic rings. The van der Waals surface area contributed by atoms with Crippen LogP contribution in [0, 0.1) is 5.41 Å². The Morgan fingerprint density at radius 3 is 2.36 bits per heavy atom. The number of nitrogens with two attached hydrogens (primary N) is 1. The van der Waals surface area contributed by atoms with Gasteiger partial charge in [0.25, 0.3) is 0 Å². The zero-order chi connectivity index (χ0) is 10.2. The fourth-order valence-corrected chi connectivity index (χ4v) is 2.45. The molecule has 0 aromatic carbocycles. The molecule has 80 valence electrons. The first kappa shape index (κ1) is 9.81. The minimum absolute atomic E-state index is 0.440. The minimum Gasteiger partial charge on any atom is -0.370 e. The third-order valence-electron chi connectivity index (χ3n) is 3.20. The average Bonchev–Trinajstić information content (AvgIpc) is 2.52. The van der Waals surface area contributed by atoms with Gasteiger partial charge in [-0.15, -0.1) is 0 Å². The van der Waals surface area contributed by atoms with Crippen molar-refractivity contribution in [2.75, 3.05) is 13.1 Å². The van der Waals surface area contributed by atoms with Gasteiger partial charge in [-0.3, -0.25) is 0 Å². The van der Waals surface area contributed by atoms with Crippen LogP contribution in [0.15, 0.2) is 4.99 Å². The van der Waals surface area contributed by atoms with Crippen molar-refractivity contribution < 1.29 is 0 Å². The Morgan fingerprint density at radius 2 is 1.86 bits per heavy atom. The second kappa shape index (κ2) is 3.44. The summed E-state index contributed by atoms with van der Waals surface area (Å²) in [5, 5.41) is 0. The Kier molecular flexibility index (Phi) is 2.41. The van der Waals surface area contributed by atoms with Crippen LogP contribution in [-0.2, 0) is 0 Å². The SMILES string of the molecule is CC1(C)CN(C(N)=NC2CCCC2)C1. The molecule has 3 nitrogen and oxygen atoms in total. The van der Waals surface area contributed by atoms with Crippen molar-refractivity contribution >= 4 is 5.96 Å². The standard InChI is InChI=1S/C11H21N3/c1-11(2)7-14(8-11)10(12)13-9-5-3-4-6-9/h9H,3-8H2,1-2H3,(H2,12,13). The molecule has 1 saturated carbocycles. The fraction of sp³-hybridized carbons (Fsp3) is 0.909. The molecule has 0 spiro atoms. The highest BCUT2D eigenvalue weighted by Gasteiger charge is 2.35. The van der Waals surface area contributed by atoms with Gasteiger partial charge in [0.15, 0.2) is 5.96 Å². The second-order valence-corrected chi connectivity index (χ2v) is 5.45. The molecule has 2 fully saturated rings. The molecule has 1 aliphatic heterocycles. The lowest BCUT2D eigenvalue weighted by Crippen LogP contribution is -2.58. The van der Waals surface area contributed by atoms with E-state index in [-0.39, 0.29) is 0 Å². The van der Waals surface area contributed by atoms with Crippen molar-refractivity contribution in [2.45, 2.75) is 45.6 Å². The molecule has 0 bridgehead atoms. The van der Waals surface area contributed by atoms with Crippen molar-refractivity contribution in [3.8, 4) is 0 Å². The number of aliphatic imine (C=N–C) groups is 1. The minimum atomic E-state index is 0.440. The normalized spacial score (nSPS) is 27.9. The molecule has 3 heteroatoms. The monoisotopic (exact) mass is 195 g/mol. The number of hydrogen-bond acceptors (Lipinski definition) is 1. The molecule has 1 aliphatic carbocycles. The molecule has 2 N–H and O–H groups in total. The smallest absolute Gasteiger partial charge is 0.191 e. The van der Waals surface area contributed by atoms with E-state index in [1.807, 2.05) is 0 Å². The van der Waals surface area contributed by atoms with Crippen molar-refractivity contribution in [1.82, 2.24) is 4.90 Å². The lowest BCUT2D eigenvalue weighted by molar-refractivity contribution is 0.0968. The van der Waals surface area contributed by atoms with Gasteiger partial charge in [-0.2, -0.15) is 0 Å². The van der Waals surface area contributed by atoms with Crippen molar-refractivity contribution in [3.05, 3.63) is 0 Å². The maximum atomic E-state index is 5.96. The molecular weight excluding hydrogens is 174 g/mol. The van der Waals surface area contributed by atoms with E-state index in [1.165, 1.54) is 25.7 Å². The Hall–Kier alpha value is -0.730. The van der Waals surface area contributed by atoms with E-state index in [2.05, 4.69) is 23.7 Å². The third kappa shape index (κ3) is 2.02. The maximum absolute atomic E-state index is 5.96. The molecule has 0 aromatic heterocycles. The maximum Gasteiger partial charge on any atom is 0.191 e. The van der Waals surface area contributed by atoms with E-state index in [4.69, 9.17) is 5.73 Å². The van der Waals surface area contributed by atoms with Gasteiger partial charge in [0.1, 0.15) is 0 Å². The summed E-state index contributed by atoms with van der Waals surface area (Å²) >= 11 is 0. The van der Waals surface area contributed by atoms with E-state index in [9.17, 15) is 0 Å². The van der Waals surface area contributed by atoms with Gasteiger partial charge >= 0.3 is 0 Å². The first-order valence-electron chi connectivity index (χ1n) is 5.65. The summed E-state index contributed by atoms with van der Waals surface area (Å²) in [5.41, 5.74) is 6.40. The van der Waals surface area contributed by atoms with Crippen molar-refractivity contribution in [3.63, 3.8) is 0 Å². The highest BCUT2D eigenvalue weighted by atomic mass is 15.3. The first-order chi connectivity index (χ1) is 6.57. The Balaban J connectivity index is 1.86. The van der Waals surface area contributed by atoms with Gasteiger partial charge < -0.3 is 10.6 Å². The van der Waals surface area contributed by atoms with Crippen LogP contribution in [0.5, 0.6) is 0 Å². The molecule has 2 aliphatic rings. The predicted molar refractivity (Wildman–Crippen MR) is 59.2 cm³/mol. The van der Waals surface area contributed by atoms with Gasteiger partial charge in [-0.25, -0.2) is 4.99 Å². The van der Waals surface area contributed by atoms with E-state index in [0.717, 1.165) is 19.0 Å². The highest BCUT2D eigenvalue weighted by molar-refractivity contribution is 5.79. The van der Waals surface area contributed by atoms with E-state index in [0.29, 0.717) is 11.5 Å². The summed E-state index contributed by atoms with van der Waals surface area (Å²) in [6.45, 7) is 6.67. The Labute approximate surface area is 86.4 Å². The number of hydrogen-bond donors (Lipinski definition) is 1. The lowest BCUT2D eigenvalue weighted by Gasteiger charge is -2.46. The van der Waals surface area contributed by atoms with Crippen LogP contribution in [0.25, 0.3) is 0 Å². The van der Waals surface area contributed by atoms with E-state index >= 15 is 0 Å². The van der Waals surface area contributed by atoms with Gasteiger partial charge in [0.2, 0.25) is 0 Å². The first-order valence-corrected chi connectivity index (χ1v) is 5.65. The van der Waals surface area contributed by atoms with Crippen LogP contribution < -0.4 is 5.73 Å². The summed E-state index contributed by atoms with van der Waals surface area (Å²) in [5.74, 6) is 0.774. The van der Waals surface area contributed by atoms with Gasteiger partial charge in [0.05, 0.1) is 6.04 Å². The van der Waals surface area contributed by atoms with Crippen molar-refractivity contribution in [1.29, 1.82) is 0 Å². The molecule has 0 unspecified atom stereocenters. The number of nitrogens with zero attached hydrogens (tertiary/aromatic N) is 2. The summed E-state index contributed by atoms with van der Waals surface area (Å²) in [6, 6.07) is 0.513. The average molecular weight is 195 g/mol. The third-order valence-corrected chi connectivity index (χ3v) is 3.20. The van der Waals surface area contributed by atoms with Crippen LogP contribution in [0.3, 0.4) is 0 Å². The quantitative estimate of drug-likeness (QED) is 0.510. The number of guanidine groups is 1. The molecule has 0 amide bonds. The fourth-order valence-electron chi connectivity index (χ4n) is 2.45. The predicted octanol–water partition coefficient (Wildman–Crippen LogP) is 1.59. The summed E-state index contributed by atoms with van der Waals surface area (Å²) in [7, 11) is 0. The highest BCUT2D eigenvalue weighted by Crippen LogP contribution is 2.29.